The molecule has 1 fully saturated rings. The maximum Gasteiger partial charge on any atom is 0.252 e. The van der Waals surface area contributed by atoms with Crippen molar-refractivity contribution in [2.75, 3.05) is 11.9 Å². The Morgan fingerprint density at radius 3 is 2.70 bits per heavy atom. The molecule has 110 valence electrons. The predicted octanol–water partition coefficient (Wildman–Crippen LogP) is 4.52. The van der Waals surface area contributed by atoms with Crippen LogP contribution in [0.15, 0.2) is 22.7 Å². The van der Waals surface area contributed by atoms with E-state index >= 15 is 0 Å². The highest BCUT2D eigenvalue weighted by atomic mass is 79.9. The molecule has 0 spiro atoms. The summed E-state index contributed by atoms with van der Waals surface area (Å²) in [5.74, 6) is 0.517. The second-order valence-electron chi connectivity index (χ2n) is 5.27. The molecule has 2 atom stereocenters. The van der Waals surface area contributed by atoms with Crippen LogP contribution < -0.4 is 5.32 Å². The minimum Gasteiger partial charge on any atom is -0.352 e. The molecular formula is C15H18Br2FNO. The highest BCUT2D eigenvalue weighted by Crippen LogP contribution is 2.31. The number of hydrogen-bond donors (Lipinski definition) is 1. The molecule has 0 radical (unpaired) electrons. The summed E-state index contributed by atoms with van der Waals surface area (Å²) in [5, 5.41) is 3.93. The fourth-order valence-electron chi connectivity index (χ4n) is 2.75. The highest BCUT2D eigenvalue weighted by molar-refractivity contribution is 9.10. The fraction of sp³-hybridized carbons (Fsp3) is 0.533. The second kappa shape index (κ2) is 7.55. The first-order valence-electron chi connectivity index (χ1n) is 6.91. The average Bonchev–Trinajstić information content (AvgIpc) is 2.48. The van der Waals surface area contributed by atoms with Crippen LogP contribution in [-0.4, -0.2) is 17.8 Å². The fourth-order valence-corrected chi connectivity index (χ4v) is 4.05. The summed E-state index contributed by atoms with van der Waals surface area (Å²) in [6.07, 6.45) is 4.88. The third kappa shape index (κ3) is 3.82. The lowest BCUT2D eigenvalue weighted by molar-refractivity contribution is 0.0935. The van der Waals surface area contributed by atoms with Gasteiger partial charge >= 0.3 is 0 Å². The molecule has 0 saturated heterocycles. The second-order valence-corrected chi connectivity index (χ2v) is 6.71. The molecule has 1 aromatic carbocycles. The van der Waals surface area contributed by atoms with Crippen LogP contribution in [-0.2, 0) is 0 Å². The van der Waals surface area contributed by atoms with Gasteiger partial charge in [-0.1, -0.05) is 34.8 Å². The van der Waals surface area contributed by atoms with Crippen LogP contribution in [0.1, 0.15) is 36.0 Å². The van der Waals surface area contributed by atoms with Crippen molar-refractivity contribution in [3.63, 3.8) is 0 Å². The Balaban J connectivity index is 1.96. The summed E-state index contributed by atoms with van der Waals surface area (Å²) >= 11 is 6.68. The van der Waals surface area contributed by atoms with Crippen molar-refractivity contribution in [3.8, 4) is 0 Å². The molecule has 2 nitrogen and oxygen atoms in total. The molecular weight excluding hydrogens is 389 g/mol. The van der Waals surface area contributed by atoms with Gasteiger partial charge in [0.25, 0.3) is 5.91 Å². The molecule has 0 aliphatic heterocycles. The van der Waals surface area contributed by atoms with Crippen LogP contribution in [0.3, 0.4) is 0 Å². The number of benzene rings is 1. The van der Waals surface area contributed by atoms with Crippen LogP contribution in [0.5, 0.6) is 0 Å². The zero-order valence-corrected chi connectivity index (χ0v) is 14.3. The van der Waals surface area contributed by atoms with Crippen molar-refractivity contribution in [2.45, 2.75) is 25.7 Å². The molecule has 0 aromatic heterocycles. The van der Waals surface area contributed by atoms with Crippen molar-refractivity contribution in [1.82, 2.24) is 5.32 Å². The Labute approximate surface area is 135 Å². The molecule has 1 N–H and O–H groups in total. The standard InChI is InChI=1S/C15H18Br2FNO/c16-8-10-4-1-2-5-11(10)9-19-15(20)12-6-3-7-13(18)14(12)17/h3,6-7,10-11H,1-2,4-5,8-9H2,(H,19,20). The quantitative estimate of drug-likeness (QED) is 0.731. The average molecular weight is 407 g/mol. The number of nitrogens with one attached hydrogen (secondary N) is 1. The van der Waals surface area contributed by atoms with E-state index in [2.05, 4.69) is 37.2 Å². The molecule has 20 heavy (non-hydrogen) atoms. The number of amides is 1. The van der Waals surface area contributed by atoms with E-state index in [-0.39, 0.29) is 10.4 Å². The van der Waals surface area contributed by atoms with Crippen LogP contribution in [0, 0.1) is 17.7 Å². The molecule has 0 heterocycles. The van der Waals surface area contributed by atoms with E-state index in [1.165, 1.54) is 25.3 Å². The van der Waals surface area contributed by atoms with Crippen LogP contribution >= 0.6 is 31.9 Å². The lowest BCUT2D eigenvalue weighted by Crippen LogP contribution is -2.35. The number of halogens is 3. The van der Waals surface area contributed by atoms with Crippen molar-refractivity contribution in [1.29, 1.82) is 0 Å². The molecule has 1 aromatic rings. The SMILES string of the molecule is O=C(NCC1CCCCC1CBr)c1cccc(F)c1Br. The van der Waals surface area contributed by atoms with Gasteiger partial charge in [-0.3, -0.25) is 4.79 Å². The van der Waals surface area contributed by atoms with E-state index < -0.39 is 5.82 Å². The molecule has 1 saturated carbocycles. The molecule has 2 rings (SSSR count). The van der Waals surface area contributed by atoms with Crippen molar-refractivity contribution in [3.05, 3.63) is 34.1 Å². The molecule has 5 heteroatoms. The zero-order valence-electron chi connectivity index (χ0n) is 11.2. The maximum absolute atomic E-state index is 13.4. The normalized spacial score (nSPS) is 22.6. The predicted molar refractivity (Wildman–Crippen MR) is 85.7 cm³/mol. The summed E-state index contributed by atoms with van der Waals surface area (Å²) in [6.45, 7) is 0.665. The van der Waals surface area contributed by atoms with E-state index in [0.717, 1.165) is 11.8 Å². The first kappa shape index (κ1) is 16.0. The summed E-state index contributed by atoms with van der Waals surface area (Å²) in [6, 6.07) is 4.52. The van der Waals surface area contributed by atoms with Crippen LogP contribution in [0.2, 0.25) is 0 Å². The zero-order chi connectivity index (χ0) is 14.5. The number of carbonyl (C=O) groups is 1. The molecule has 2 unspecified atom stereocenters. The monoisotopic (exact) mass is 405 g/mol. The topological polar surface area (TPSA) is 29.1 Å². The first-order valence-corrected chi connectivity index (χ1v) is 8.83. The Morgan fingerprint density at radius 2 is 2.00 bits per heavy atom. The maximum atomic E-state index is 13.4. The summed E-state index contributed by atoms with van der Waals surface area (Å²) < 4.78 is 13.7. The van der Waals surface area contributed by atoms with Crippen molar-refractivity contribution >= 4 is 37.8 Å². The molecule has 0 bridgehead atoms. The van der Waals surface area contributed by atoms with Gasteiger partial charge < -0.3 is 5.32 Å². The van der Waals surface area contributed by atoms with Gasteiger partial charge in [0.2, 0.25) is 0 Å². The van der Waals surface area contributed by atoms with Gasteiger partial charge in [-0.15, -0.1) is 0 Å². The van der Waals surface area contributed by atoms with Gasteiger partial charge in [-0.2, -0.15) is 0 Å². The number of hydrogen-bond acceptors (Lipinski definition) is 1. The van der Waals surface area contributed by atoms with Crippen molar-refractivity contribution in [2.24, 2.45) is 11.8 Å². The van der Waals surface area contributed by atoms with Gasteiger partial charge in [0.1, 0.15) is 5.82 Å². The minimum absolute atomic E-state index is 0.213. The van der Waals surface area contributed by atoms with E-state index in [1.54, 1.807) is 12.1 Å². The lowest BCUT2D eigenvalue weighted by Gasteiger charge is -2.30. The Bertz CT molecular complexity index is 481. The summed E-state index contributed by atoms with van der Waals surface area (Å²) in [5.41, 5.74) is 0.358. The van der Waals surface area contributed by atoms with Gasteiger partial charge in [0, 0.05) is 11.9 Å². The molecule has 1 aliphatic rings. The van der Waals surface area contributed by atoms with Gasteiger partial charge in [-0.05, 0) is 52.7 Å². The number of carbonyl (C=O) groups excluding carboxylic acids is 1. The largest absolute Gasteiger partial charge is 0.352 e. The van der Waals surface area contributed by atoms with E-state index in [1.807, 2.05) is 0 Å². The van der Waals surface area contributed by atoms with Crippen molar-refractivity contribution < 1.29 is 9.18 Å². The Kier molecular flexibility index (Phi) is 6.02. The Morgan fingerprint density at radius 1 is 1.30 bits per heavy atom. The first-order chi connectivity index (χ1) is 9.63. The summed E-state index contributed by atoms with van der Waals surface area (Å²) in [4.78, 5) is 12.1. The number of alkyl halides is 1. The molecule has 1 amide bonds. The van der Waals surface area contributed by atoms with E-state index in [9.17, 15) is 9.18 Å². The highest BCUT2D eigenvalue weighted by Gasteiger charge is 2.25. The van der Waals surface area contributed by atoms with Crippen LogP contribution in [0.4, 0.5) is 4.39 Å². The lowest BCUT2D eigenvalue weighted by atomic mass is 9.80. The van der Waals surface area contributed by atoms with Crippen LogP contribution in [0.25, 0.3) is 0 Å². The molecule has 1 aliphatic carbocycles. The number of rotatable bonds is 4. The smallest absolute Gasteiger partial charge is 0.252 e. The van der Waals surface area contributed by atoms with E-state index in [0.29, 0.717) is 23.9 Å². The third-order valence-corrected chi connectivity index (χ3v) is 5.62. The third-order valence-electron chi connectivity index (χ3n) is 3.99. The minimum atomic E-state index is -0.409. The van der Waals surface area contributed by atoms with E-state index in [4.69, 9.17) is 0 Å². The van der Waals surface area contributed by atoms with Gasteiger partial charge in [-0.25, -0.2) is 4.39 Å². The summed E-state index contributed by atoms with van der Waals surface area (Å²) in [7, 11) is 0. The van der Waals surface area contributed by atoms with Gasteiger partial charge in [0.05, 0.1) is 10.0 Å². The van der Waals surface area contributed by atoms with Gasteiger partial charge in [0.15, 0.2) is 0 Å². The Hall–Kier alpha value is -0.420.